The molecule has 1 heterocycles. The highest BCUT2D eigenvalue weighted by Crippen LogP contribution is 2.37. The van der Waals surface area contributed by atoms with E-state index in [-0.39, 0.29) is 5.92 Å². The second-order valence-corrected chi connectivity index (χ2v) is 3.58. The largest absolute Gasteiger partial charge is 0.493 e. The first-order valence-electron chi connectivity index (χ1n) is 4.64. The maximum Gasteiger partial charge on any atom is 0.306 e. The van der Waals surface area contributed by atoms with Gasteiger partial charge in [0.2, 0.25) is 0 Å². The first-order valence-corrected chi connectivity index (χ1v) is 4.64. The van der Waals surface area contributed by atoms with Gasteiger partial charge in [0.1, 0.15) is 5.75 Å². The zero-order valence-electron chi connectivity index (χ0n) is 7.93. The van der Waals surface area contributed by atoms with Gasteiger partial charge < -0.3 is 9.84 Å². The molecule has 0 radical (unpaired) electrons. The van der Waals surface area contributed by atoms with Gasteiger partial charge in [0.15, 0.2) is 0 Å². The Hall–Kier alpha value is -1.51. The van der Waals surface area contributed by atoms with Crippen LogP contribution in [0.4, 0.5) is 0 Å². The first kappa shape index (κ1) is 9.06. The van der Waals surface area contributed by atoms with Crippen molar-refractivity contribution in [2.45, 2.75) is 12.8 Å². The third-order valence-electron chi connectivity index (χ3n) is 2.73. The molecular weight excluding hydrogens is 180 g/mol. The monoisotopic (exact) mass is 192 g/mol. The van der Waals surface area contributed by atoms with Crippen molar-refractivity contribution < 1.29 is 14.6 Å². The minimum atomic E-state index is -0.768. The maximum absolute atomic E-state index is 10.8. The first-order chi connectivity index (χ1) is 6.70. The van der Waals surface area contributed by atoms with E-state index < -0.39 is 11.9 Å². The number of rotatable bonds is 2. The molecule has 0 aromatic heterocycles. The molecule has 1 aromatic rings. The van der Waals surface area contributed by atoms with Crippen LogP contribution in [0, 0.1) is 5.92 Å². The molecule has 74 valence electrons. The van der Waals surface area contributed by atoms with Crippen LogP contribution in [0.3, 0.4) is 0 Å². The molecule has 0 unspecified atom stereocenters. The zero-order valence-corrected chi connectivity index (χ0v) is 7.93. The second-order valence-electron chi connectivity index (χ2n) is 3.58. The van der Waals surface area contributed by atoms with Crippen LogP contribution in [0.25, 0.3) is 0 Å². The number of carboxylic acids is 1. The Balaban J connectivity index is 2.30. The van der Waals surface area contributed by atoms with Crippen molar-refractivity contribution in [3.63, 3.8) is 0 Å². The van der Waals surface area contributed by atoms with E-state index in [1.54, 1.807) is 6.92 Å². The van der Waals surface area contributed by atoms with Crippen molar-refractivity contribution in [1.82, 2.24) is 0 Å². The van der Waals surface area contributed by atoms with E-state index in [1.165, 1.54) is 0 Å². The van der Waals surface area contributed by atoms with Gasteiger partial charge in [0.05, 0.1) is 12.5 Å². The van der Waals surface area contributed by atoms with E-state index >= 15 is 0 Å². The average molecular weight is 192 g/mol. The number of aliphatic carboxylic acids is 1. The van der Waals surface area contributed by atoms with Crippen molar-refractivity contribution in [3.8, 4) is 5.75 Å². The molecule has 0 fully saturated rings. The van der Waals surface area contributed by atoms with Gasteiger partial charge >= 0.3 is 5.97 Å². The zero-order chi connectivity index (χ0) is 10.1. The van der Waals surface area contributed by atoms with Crippen molar-refractivity contribution in [1.29, 1.82) is 0 Å². The van der Waals surface area contributed by atoms with Crippen LogP contribution in [0.5, 0.6) is 5.75 Å². The molecule has 0 bridgehead atoms. The van der Waals surface area contributed by atoms with E-state index in [9.17, 15) is 4.79 Å². The summed E-state index contributed by atoms with van der Waals surface area (Å²) in [6.45, 7) is 2.20. The Kier molecular flexibility index (Phi) is 2.15. The Morgan fingerprint density at radius 1 is 1.57 bits per heavy atom. The van der Waals surface area contributed by atoms with Gasteiger partial charge in [0.25, 0.3) is 0 Å². The standard InChI is InChI=1S/C11H12O3/c1-7(11(12)13)9-6-14-10-5-3-2-4-8(9)10/h2-5,7,9H,6H2,1H3,(H,12,13)/t7-,9-/m1/s1. The maximum atomic E-state index is 10.8. The van der Waals surface area contributed by atoms with Crippen LogP contribution < -0.4 is 4.74 Å². The molecule has 0 saturated carbocycles. The van der Waals surface area contributed by atoms with Gasteiger partial charge in [-0.25, -0.2) is 0 Å². The minimum Gasteiger partial charge on any atom is -0.493 e. The van der Waals surface area contributed by atoms with E-state index in [4.69, 9.17) is 9.84 Å². The Morgan fingerprint density at radius 3 is 3.00 bits per heavy atom. The van der Waals surface area contributed by atoms with Gasteiger partial charge in [-0.3, -0.25) is 4.79 Å². The third kappa shape index (κ3) is 1.35. The summed E-state index contributed by atoms with van der Waals surface area (Å²) in [5, 5.41) is 8.91. The number of benzene rings is 1. The quantitative estimate of drug-likeness (QED) is 0.778. The molecule has 0 aliphatic carbocycles. The summed E-state index contributed by atoms with van der Waals surface area (Å²) in [5.74, 6) is -0.344. The summed E-state index contributed by atoms with van der Waals surface area (Å²) in [5.41, 5.74) is 1.02. The Morgan fingerprint density at radius 2 is 2.29 bits per heavy atom. The van der Waals surface area contributed by atoms with Crippen molar-refractivity contribution in [3.05, 3.63) is 29.8 Å². The van der Waals surface area contributed by atoms with Crippen LogP contribution in [0.15, 0.2) is 24.3 Å². The van der Waals surface area contributed by atoms with Gasteiger partial charge in [-0.05, 0) is 6.07 Å². The van der Waals surface area contributed by atoms with E-state index in [1.807, 2.05) is 24.3 Å². The summed E-state index contributed by atoms with van der Waals surface area (Å²) in [6.07, 6.45) is 0. The molecular formula is C11H12O3. The average Bonchev–Trinajstić information content (AvgIpc) is 2.60. The molecule has 2 atom stereocenters. The van der Waals surface area contributed by atoms with Crippen LogP contribution in [-0.2, 0) is 4.79 Å². The highest BCUT2D eigenvalue weighted by Gasteiger charge is 2.32. The van der Waals surface area contributed by atoms with Crippen LogP contribution in [-0.4, -0.2) is 17.7 Å². The molecule has 0 saturated heterocycles. The molecule has 1 aliphatic rings. The lowest BCUT2D eigenvalue weighted by molar-refractivity contribution is -0.142. The summed E-state index contributed by atoms with van der Waals surface area (Å²) < 4.78 is 5.42. The molecule has 2 rings (SSSR count). The van der Waals surface area contributed by atoms with Gasteiger partial charge in [-0.2, -0.15) is 0 Å². The Bertz CT molecular complexity index is 359. The fourth-order valence-electron chi connectivity index (χ4n) is 1.77. The van der Waals surface area contributed by atoms with Crippen LogP contribution >= 0.6 is 0 Å². The SMILES string of the molecule is C[C@@H](C(=O)O)[C@H]1COc2ccccc21. The summed E-state index contributed by atoms with van der Waals surface area (Å²) >= 11 is 0. The molecule has 1 aromatic carbocycles. The minimum absolute atomic E-state index is 0.0105. The summed E-state index contributed by atoms with van der Waals surface area (Å²) in [7, 11) is 0. The molecule has 3 heteroatoms. The summed E-state index contributed by atoms with van der Waals surface area (Å²) in [4.78, 5) is 10.8. The molecule has 0 spiro atoms. The van der Waals surface area contributed by atoms with E-state index in [0.717, 1.165) is 11.3 Å². The van der Waals surface area contributed by atoms with Crippen molar-refractivity contribution in [2.75, 3.05) is 6.61 Å². The highest BCUT2D eigenvalue weighted by atomic mass is 16.5. The smallest absolute Gasteiger partial charge is 0.306 e. The molecule has 14 heavy (non-hydrogen) atoms. The molecule has 1 N–H and O–H groups in total. The van der Waals surface area contributed by atoms with E-state index in [2.05, 4.69) is 0 Å². The highest BCUT2D eigenvalue weighted by molar-refractivity contribution is 5.71. The van der Waals surface area contributed by atoms with Crippen molar-refractivity contribution >= 4 is 5.97 Å². The van der Waals surface area contributed by atoms with Gasteiger partial charge in [0, 0.05) is 11.5 Å². The van der Waals surface area contributed by atoms with Crippen LogP contribution in [0.2, 0.25) is 0 Å². The number of hydrogen-bond acceptors (Lipinski definition) is 2. The normalized spacial score (nSPS) is 21.1. The predicted octanol–water partition coefficient (Wildman–Crippen LogP) is 1.88. The lowest BCUT2D eigenvalue weighted by Crippen LogP contribution is -2.19. The number of hydrogen-bond donors (Lipinski definition) is 1. The molecule has 0 amide bonds. The fourth-order valence-corrected chi connectivity index (χ4v) is 1.77. The fraction of sp³-hybridized carbons (Fsp3) is 0.364. The number of carboxylic acid groups (broad SMARTS) is 1. The van der Waals surface area contributed by atoms with Crippen molar-refractivity contribution in [2.24, 2.45) is 5.92 Å². The Labute approximate surface area is 82.3 Å². The van der Waals surface area contributed by atoms with E-state index in [0.29, 0.717) is 6.61 Å². The van der Waals surface area contributed by atoms with Gasteiger partial charge in [-0.15, -0.1) is 0 Å². The number of carbonyl (C=O) groups is 1. The third-order valence-corrected chi connectivity index (χ3v) is 2.73. The molecule has 1 aliphatic heterocycles. The topological polar surface area (TPSA) is 46.5 Å². The second kappa shape index (κ2) is 3.33. The summed E-state index contributed by atoms with van der Waals surface area (Å²) in [6, 6.07) is 7.62. The number of fused-ring (bicyclic) bond motifs is 1. The lowest BCUT2D eigenvalue weighted by Gasteiger charge is -2.12. The lowest BCUT2D eigenvalue weighted by atomic mass is 9.89. The number of para-hydroxylation sites is 1. The van der Waals surface area contributed by atoms with Gasteiger partial charge in [-0.1, -0.05) is 25.1 Å². The molecule has 3 nitrogen and oxygen atoms in total. The van der Waals surface area contributed by atoms with Crippen LogP contribution in [0.1, 0.15) is 18.4 Å². The number of ether oxygens (including phenoxy) is 1. The predicted molar refractivity (Wildman–Crippen MR) is 51.5 cm³/mol.